The van der Waals surface area contributed by atoms with E-state index in [-0.39, 0.29) is 11.6 Å². The molecule has 0 radical (unpaired) electrons. The molecule has 2 aromatic carbocycles. The molecule has 5 nitrogen and oxygen atoms in total. The largest absolute Gasteiger partial charge is 0.324 e. The van der Waals surface area contributed by atoms with Crippen molar-refractivity contribution in [2.45, 2.75) is 13.8 Å². The number of carbonyl (C=O) groups excluding carboxylic acids is 1. The number of halogens is 2. The molecule has 0 aliphatic rings. The maximum Gasteiger partial charge on any atom is 0.274 e. The van der Waals surface area contributed by atoms with Crippen molar-refractivity contribution in [2.24, 2.45) is 0 Å². The van der Waals surface area contributed by atoms with Crippen molar-refractivity contribution in [3.8, 4) is 0 Å². The van der Waals surface area contributed by atoms with E-state index in [1.165, 1.54) is 0 Å². The molecule has 3 aromatic rings. The van der Waals surface area contributed by atoms with Crippen molar-refractivity contribution in [3.05, 3.63) is 75.5 Å². The summed E-state index contributed by atoms with van der Waals surface area (Å²) >= 11 is 11.9. The molecule has 0 bridgehead atoms. The number of benzene rings is 2. The Morgan fingerprint density at radius 1 is 0.923 bits per heavy atom. The van der Waals surface area contributed by atoms with Gasteiger partial charge in [-0.1, -0.05) is 35.3 Å². The van der Waals surface area contributed by atoms with E-state index in [1.54, 1.807) is 31.2 Å². The second-order valence-electron chi connectivity index (χ2n) is 5.80. The molecule has 132 valence electrons. The molecular weight excluding hydrogens is 371 g/mol. The molecule has 1 aromatic heterocycles. The van der Waals surface area contributed by atoms with Crippen molar-refractivity contribution in [2.75, 3.05) is 10.6 Å². The Bertz CT molecular complexity index is 976. The monoisotopic (exact) mass is 386 g/mol. The Morgan fingerprint density at radius 2 is 1.73 bits per heavy atom. The Labute approximate surface area is 161 Å². The third-order valence-electron chi connectivity index (χ3n) is 3.54. The molecule has 1 amide bonds. The molecule has 0 aliphatic heterocycles. The highest BCUT2D eigenvalue weighted by Crippen LogP contribution is 2.26. The van der Waals surface area contributed by atoms with Crippen LogP contribution < -0.4 is 10.6 Å². The van der Waals surface area contributed by atoms with Gasteiger partial charge < -0.3 is 10.6 Å². The molecular formula is C19H16Cl2N4O. The number of aryl methyl sites for hydroxylation is 2. The predicted octanol–water partition coefficient (Wildman–Crippen LogP) is 5.40. The van der Waals surface area contributed by atoms with Crippen molar-refractivity contribution < 1.29 is 4.79 Å². The minimum absolute atomic E-state index is 0.265. The molecule has 0 saturated heterocycles. The summed E-state index contributed by atoms with van der Waals surface area (Å²) in [7, 11) is 0. The average molecular weight is 387 g/mol. The van der Waals surface area contributed by atoms with Crippen molar-refractivity contribution >= 4 is 46.4 Å². The molecule has 1 heterocycles. The number of hydrogen-bond acceptors (Lipinski definition) is 4. The molecule has 0 atom stereocenters. The second-order valence-corrected chi connectivity index (χ2v) is 6.61. The van der Waals surface area contributed by atoms with E-state index in [0.717, 1.165) is 5.56 Å². The number of amides is 1. The molecule has 0 fully saturated rings. The maximum absolute atomic E-state index is 12.5. The molecule has 3 rings (SSSR count). The van der Waals surface area contributed by atoms with Crippen LogP contribution in [0, 0.1) is 13.8 Å². The minimum Gasteiger partial charge on any atom is -0.324 e. The fraction of sp³-hybridized carbons (Fsp3) is 0.105. The predicted molar refractivity (Wildman–Crippen MR) is 106 cm³/mol. The summed E-state index contributed by atoms with van der Waals surface area (Å²) in [6, 6.07) is 14.3. The van der Waals surface area contributed by atoms with Gasteiger partial charge in [-0.15, -0.1) is 0 Å². The van der Waals surface area contributed by atoms with Gasteiger partial charge in [-0.2, -0.15) is 0 Å². The van der Waals surface area contributed by atoms with E-state index in [4.69, 9.17) is 23.2 Å². The molecule has 0 saturated carbocycles. The molecule has 0 spiro atoms. The Morgan fingerprint density at radius 3 is 2.46 bits per heavy atom. The van der Waals surface area contributed by atoms with Gasteiger partial charge in [-0.3, -0.25) is 4.79 Å². The van der Waals surface area contributed by atoms with Gasteiger partial charge in [0.25, 0.3) is 5.91 Å². The number of anilines is 3. The van der Waals surface area contributed by atoms with Crippen molar-refractivity contribution in [1.29, 1.82) is 0 Å². The van der Waals surface area contributed by atoms with Gasteiger partial charge in [-0.25, -0.2) is 9.97 Å². The summed E-state index contributed by atoms with van der Waals surface area (Å²) in [5.41, 5.74) is 3.38. The van der Waals surface area contributed by atoms with Gasteiger partial charge >= 0.3 is 0 Å². The summed E-state index contributed by atoms with van der Waals surface area (Å²) in [6.07, 6.45) is 0. The molecule has 0 aliphatic carbocycles. The number of nitrogens with one attached hydrogen (secondary N) is 2. The van der Waals surface area contributed by atoms with E-state index in [0.29, 0.717) is 33.1 Å². The number of rotatable bonds is 4. The van der Waals surface area contributed by atoms with E-state index in [1.807, 2.05) is 31.2 Å². The van der Waals surface area contributed by atoms with Gasteiger partial charge in [0.1, 0.15) is 5.69 Å². The number of carbonyl (C=O) groups is 1. The summed E-state index contributed by atoms with van der Waals surface area (Å²) < 4.78 is 0. The van der Waals surface area contributed by atoms with Gasteiger partial charge in [0.05, 0.1) is 10.0 Å². The first kappa shape index (κ1) is 18.2. The molecule has 0 unspecified atom stereocenters. The highest BCUT2D eigenvalue weighted by Gasteiger charge is 2.12. The van der Waals surface area contributed by atoms with Crippen LogP contribution in [0.5, 0.6) is 0 Å². The summed E-state index contributed by atoms with van der Waals surface area (Å²) in [6.45, 7) is 3.76. The topological polar surface area (TPSA) is 66.9 Å². The average Bonchev–Trinajstić information content (AvgIpc) is 2.58. The van der Waals surface area contributed by atoms with Crippen LogP contribution in [0.3, 0.4) is 0 Å². The molecule has 2 N–H and O–H groups in total. The summed E-state index contributed by atoms with van der Waals surface area (Å²) in [5, 5.41) is 6.75. The van der Waals surface area contributed by atoms with Crippen LogP contribution >= 0.6 is 23.2 Å². The highest BCUT2D eigenvalue weighted by atomic mass is 35.5. The van der Waals surface area contributed by atoms with E-state index < -0.39 is 0 Å². The van der Waals surface area contributed by atoms with Gasteiger partial charge in [0.2, 0.25) is 5.95 Å². The summed E-state index contributed by atoms with van der Waals surface area (Å²) in [5.74, 6) is -0.00364. The zero-order valence-corrected chi connectivity index (χ0v) is 15.7. The standard InChI is InChI=1S/C19H16Cl2N4O/c1-11-4-3-5-13(8-11)23-18(26)17-9-12(2)22-19(25-17)24-14-6-7-15(20)16(21)10-14/h3-10H,1-2H3,(H,23,26)(H,22,24,25). The third-order valence-corrected chi connectivity index (χ3v) is 4.28. The van der Waals surface area contributed by atoms with Crippen molar-refractivity contribution in [1.82, 2.24) is 9.97 Å². The Hall–Kier alpha value is -2.63. The lowest BCUT2D eigenvalue weighted by Crippen LogP contribution is -2.15. The zero-order chi connectivity index (χ0) is 18.7. The SMILES string of the molecule is Cc1cccc(NC(=O)c2cc(C)nc(Nc3ccc(Cl)c(Cl)c3)n2)c1. The lowest BCUT2D eigenvalue weighted by atomic mass is 10.2. The fourth-order valence-corrected chi connectivity index (χ4v) is 2.66. The van der Waals surface area contributed by atoms with Gasteiger partial charge in [0.15, 0.2) is 0 Å². The third kappa shape index (κ3) is 4.50. The zero-order valence-electron chi connectivity index (χ0n) is 14.2. The van der Waals surface area contributed by atoms with Crippen LogP contribution in [0.2, 0.25) is 10.0 Å². The first-order valence-corrected chi connectivity index (χ1v) is 8.62. The Balaban J connectivity index is 1.82. The van der Waals surface area contributed by atoms with Crippen LogP contribution in [-0.2, 0) is 0 Å². The van der Waals surface area contributed by atoms with Crippen molar-refractivity contribution in [3.63, 3.8) is 0 Å². The lowest BCUT2D eigenvalue weighted by molar-refractivity contribution is 0.102. The molecule has 7 heteroatoms. The highest BCUT2D eigenvalue weighted by molar-refractivity contribution is 6.42. The number of nitrogens with zero attached hydrogens (tertiary/aromatic N) is 2. The smallest absolute Gasteiger partial charge is 0.274 e. The Kier molecular flexibility index (Phi) is 5.40. The van der Waals surface area contributed by atoms with Crippen LogP contribution in [0.25, 0.3) is 0 Å². The van der Waals surface area contributed by atoms with E-state index in [2.05, 4.69) is 20.6 Å². The lowest BCUT2D eigenvalue weighted by Gasteiger charge is -2.10. The van der Waals surface area contributed by atoms with Crippen LogP contribution in [0.4, 0.5) is 17.3 Å². The molecule has 26 heavy (non-hydrogen) atoms. The minimum atomic E-state index is -0.307. The van der Waals surface area contributed by atoms with Gasteiger partial charge in [-0.05, 0) is 55.8 Å². The second kappa shape index (κ2) is 7.72. The van der Waals surface area contributed by atoms with Crippen LogP contribution in [0.15, 0.2) is 48.5 Å². The number of hydrogen-bond donors (Lipinski definition) is 2. The fourth-order valence-electron chi connectivity index (χ4n) is 2.36. The normalized spacial score (nSPS) is 10.5. The quantitative estimate of drug-likeness (QED) is 0.629. The van der Waals surface area contributed by atoms with Gasteiger partial charge in [0, 0.05) is 17.1 Å². The van der Waals surface area contributed by atoms with E-state index in [9.17, 15) is 4.79 Å². The maximum atomic E-state index is 12.5. The summed E-state index contributed by atoms with van der Waals surface area (Å²) in [4.78, 5) is 21.1. The van der Waals surface area contributed by atoms with Crippen LogP contribution in [-0.4, -0.2) is 15.9 Å². The first-order valence-electron chi connectivity index (χ1n) is 7.86. The van der Waals surface area contributed by atoms with Crippen LogP contribution in [0.1, 0.15) is 21.7 Å². The van der Waals surface area contributed by atoms with E-state index >= 15 is 0 Å². The first-order chi connectivity index (χ1) is 12.4. The number of aromatic nitrogens is 2.